The van der Waals surface area contributed by atoms with Crippen LogP contribution in [0.1, 0.15) is 30.4 Å². The monoisotopic (exact) mass is 399 g/mol. The Morgan fingerprint density at radius 2 is 2.00 bits per heavy atom. The summed E-state index contributed by atoms with van der Waals surface area (Å²) in [5, 5.41) is 12.7. The quantitative estimate of drug-likeness (QED) is 0.736. The van der Waals surface area contributed by atoms with Crippen LogP contribution in [0.3, 0.4) is 0 Å². The summed E-state index contributed by atoms with van der Waals surface area (Å²) < 4.78 is 5.37. The largest absolute Gasteiger partial charge is 0.497 e. The lowest BCUT2D eigenvalue weighted by Crippen LogP contribution is -2.48. The van der Waals surface area contributed by atoms with Gasteiger partial charge in [0.15, 0.2) is 0 Å². The molecule has 2 aromatic carbocycles. The maximum Gasteiger partial charge on any atom is 0.119 e. The molecule has 0 bridgehead atoms. The highest BCUT2D eigenvalue weighted by molar-refractivity contribution is 6.30. The Balaban J connectivity index is 2.00. The Kier molecular flexibility index (Phi) is 6.82. The maximum atomic E-state index is 12.0. The van der Waals surface area contributed by atoms with Gasteiger partial charge in [-0.15, -0.1) is 0 Å². The summed E-state index contributed by atoms with van der Waals surface area (Å²) >= 11 is 6.21. The summed E-state index contributed by atoms with van der Waals surface area (Å²) in [6.07, 6.45) is 5.73. The van der Waals surface area contributed by atoms with Gasteiger partial charge in [-0.3, -0.25) is 0 Å². The Morgan fingerprint density at radius 1 is 1.21 bits per heavy atom. The molecular formula is C24H30ClNO2. The third-order valence-electron chi connectivity index (χ3n) is 5.61. The minimum Gasteiger partial charge on any atom is -0.497 e. The van der Waals surface area contributed by atoms with Gasteiger partial charge in [-0.2, -0.15) is 0 Å². The van der Waals surface area contributed by atoms with E-state index in [4.69, 9.17) is 16.3 Å². The molecule has 0 saturated heterocycles. The van der Waals surface area contributed by atoms with Crippen molar-refractivity contribution in [2.24, 2.45) is 5.92 Å². The fourth-order valence-electron chi connectivity index (χ4n) is 4.29. The van der Waals surface area contributed by atoms with Crippen LogP contribution in [0, 0.1) is 5.92 Å². The summed E-state index contributed by atoms with van der Waals surface area (Å²) in [4.78, 5) is 2.17. The maximum absolute atomic E-state index is 12.0. The summed E-state index contributed by atoms with van der Waals surface area (Å²) in [6.45, 7) is 0.854. The first-order valence-corrected chi connectivity index (χ1v) is 10.2. The van der Waals surface area contributed by atoms with Crippen molar-refractivity contribution in [1.82, 2.24) is 4.90 Å². The molecule has 0 aliphatic heterocycles. The van der Waals surface area contributed by atoms with Gasteiger partial charge in [-0.05, 0) is 74.3 Å². The van der Waals surface area contributed by atoms with Gasteiger partial charge in [0.05, 0.1) is 12.7 Å². The first-order valence-electron chi connectivity index (χ1n) is 9.87. The molecule has 2 aromatic rings. The molecular weight excluding hydrogens is 370 g/mol. The molecule has 1 aliphatic rings. The predicted molar refractivity (Wildman–Crippen MR) is 117 cm³/mol. The molecule has 0 heterocycles. The predicted octanol–water partition coefficient (Wildman–Crippen LogP) is 5.07. The minimum absolute atomic E-state index is 0.173. The molecule has 3 nitrogen and oxygen atoms in total. The molecule has 0 spiro atoms. The normalized spacial score (nSPS) is 23.9. The number of rotatable bonds is 6. The average Bonchev–Trinajstić information content (AvgIpc) is 2.65. The van der Waals surface area contributed by atoms with Crippen molar-refractivity contribution in [3.8, 4) is 5.75 Å². The van der Waals surface area contributed by atoms with Gasteiger partial charge >= 0.3 is 0 Å². The highest BCUT2D eigenvalue weighted by Gasteiger charge is 2.42. The van der Waals surface area contributed by atoms with Crippen LogP contribution in [0.25, 0.3) is 6.08 Å². The van der Waals surface area contributed by atoms with Crippen LogP contribution < -0.4 is 4.74 Å². The van der Waals surface area contributed by atoms with Crippen LogP contribution in [0.15, 0.2) is 54.1 Å². The van der Waals surface area contributed by atoms with Gasteiger partial charge in [0.1, 0.15) is 5.75 Å². The second-order valence-electron chi connectivity index (χ2n) is 8.03. The van der Waals surface area contributed by atoms with E-state index in [0.29, 0.717) is 11.4 Å². The van der Waals surface area contributed by atoms with Gasteiger partial charge < -0.3 is 14.7 Å². The third kappa shape index (κ3) is 4.96. The Hall–Kier alpha value is -1.81. The van der Waals surface area contributed by atoms with E-state index in [2.05, 4.69) is 31.1 Å². The van der Waals surface area contributed by atoms with E-state index in [-0.39, 0.29) is 5.92 Å². The molecule has 2 atom stereocenters. The molecule has 1 fully saturated rings. The van der Waals surface area contributed by atoms with Gasteiger partial charge in [-0.1, -0.05) is 41.9 Å². The molecule has 4 heteroatoms. The summed E-state index contributed by atoms with van der Waals surface area (Å²) in [7, 11) is 5.81. The number of hydrogen-bond donors (Lipinski definition) is 1. The van der Waals surface area contributed by atoms with E-state index in [9.17, 15) is 5.11 Å². The highest BCUT2D eigenvalue weighted by atomic mass is 35.5. The van der Waals surface area contributed by atoms with E-state index in [1.165, 1.54) is 0 Å². The third-order valence-corrected chi connectivity index (χ3v) is 5.85. The summed E-state index contributed by atoms with van der Waals surface area (Å²) in [5.41, 5.74) is 2.33. The number of aliphatic hydroxyl groups is 1. The van der Waals surface area contributed by atoms with E-state index in [0.717, 1.165) is 48.3 Å². The molecule has 2 unspecified atom stereocenters. The molecule has 0 radical (unpaired) electrons. The minimum atomic E-state index is -0.893. The molecule has 150 valence electrons. The molecule has 28 heavy (non-hydrogen) atoms. The fraction of sp³-hybridized carbons (Fsp3) is 0.417. The number of halogens is 1. The van der Waals surface area contributed by atoms with E-state index < -0.39 is 5.60 Å². The number of hydrogen-bond acceptors (Lipinski definition) is 3. The molecule has 1 N–H and O–H groups in total. The average molecular weight is 400 g/mol. The van der Waals surface area contributed by atoms with Crippen LogP contribution in [0.4, 0.5) is 0 Å². The van der Waals surface area contributed by atoms with E-state index >= 15 is 0 Å². The highest BCUT2D eigenvalue weighted by Crippen LogP contribution is 2.42. The summed E-state index contributed by atoms with van der Waals surface area (Å²) in [5.74, 6) is 1.00. The zero-order valence-corrected chi connectivity index (χ0v) is 17.7. The second kappa shape index (κ2) is 9.13. The standard InChI is InChI=1S/C24H30ClNO2/c1-26(2)17-21-10-6-9-20(13-18-7-5-12-23(15-18)28-3)24(21,27)16-19-8-4-11-22(25)14-19/h4-5,7-8,11-15,21,27H,6,9-10,16-17H2,1-3H3/b20-13+. The lowest BCUT2D eigenvalue weighted by molar-refractivity contribution is -0.0123. The van der Waals surface area contributed by atoms with Crippen molar-refractivity contribution >= 4 is 17.7 Å². The topological polar surface area (TPSA) is 32.7 Å². The molecule has 0 amide bonds. The summed E-state index contributed by atoms with van der Waals surface area (Å²) in [6, 6.07) is 15.8. The van der Waals surface area contributed by atoms with Crippen LogP contribution in [0.5, 0.6) is 5.75 Å². The van der Waals surface area contributed by atoms with E-state index in [1.54, 1.807) is 7.11 Å². The number of nitrogens with zero attached hydrogens (tertiary/aromatic N) is 1. The lowest BCUT2D eigenvalue weighted by Gasteiger charge is -2.43. The Bertz CT molecular complexity index is 833. The van der Waals surface area contributed by atoms with Gasteiger partial charge in [0, 0.05) is 23.9 Å². The molecule has 0 aromatic heterocycles. The number of methoxy groups -OCH3 is 1. The first kappa shape index (κ1) is 20.9. The van der Waals surface area contributed by atoms with Crippen LogP contribution >= 0.6 is 11.6 Å². The molecule has 1 aliphatic carbocycles. The fourth-order valence-corrected chi connectivity index (χ4v) is 4.50. The number of ether oxygens (including phenoxy) is 1. The van der Waals surface area contributed by atoms with Crippen molar-refractivity contribution in [1.29, 1.82) is 0 Å². The van der Waals surface area contributed by atoms with Gasteiger partial charge in [0.2, 0.25) is 0 Å². The molecule has 1 saturated carbocycles. The van der Waals surface area contributed by atoms with Crippen LogP contribution in [-0.2, 0) is 6.42 Å². The van der Waals surface area contributed by atoms with Crippen molar-refractivity contribution in [3.63, 3.8) is 0 Å². The van der Waals surface area contributed by atoms with Gasteiger partial charge in [-0.25, -0.2) is 0 Å². The second-order valence-corrected chi connectivity index (χ2v) is 8.46. The first-order chi connectivity index (χ1) is 13.4. The van der Waals surface area contributed by atoms with Crippen molar-refractivity contribution < 1.29 is 9.84 Å². The lowest BCUT2D eigenvalue weighted by atomic mass is 9.68. The number of benzene rings is 2. The van der Waals surface area contributed by atoms with Crippen molar-refractivity contribution in [3.05, 3.63) is 70.3 Å². The molecule has 3 rings (SSSR count). The Morgan fingerprint density at radius 3 is 2.71 bits per heavy atom. The van der Waals surface area contributed by atoms with Gasteiger partial charge in [0.25, 0.3) is 0 Å². The van der Waals surface area contributed by atoms with Crippen LogP contribution in [-0.4, -0.2) is 43.4 Å². The zero-order chi connectivity index (χ0) is 20.1. The van der Waals surface area contributed by atoms with Crippen LogP contribution in [0.2, 0.25) is 5.02 Å². The van der Waals surface area contributed by atoms with E-state index in [1.807, 2.05) is 42.5 Å². The van der Waals surface area contributed by atoms with Crippen molar-refractivity contribution in [2.75, 3.05) is 27.7 Å². The SMILES string of the molecule is COc1cccc(/C=C2\CCCC(CN(C)C)C2(O)Cc2cccc(Cl)c2)c1. The Labute approximate surface area is 173 Å². The van der Waals surface area contributed by atoms with Crippen molar-refractivity contribution in [2.45, 2.75) is 31.3 Å². The zero-order valence-electron chi connectivity index (χ0n) is 17.0. The smallest absolute Gasteiger partial charge is 0.119 e.